The van der Waals surface area contributed by atoms with Crippen molar-refractivity contribution in [1.82, 2.24) is 0 Å². The number of nitrogens with zero attached hydrogens (tertiary/aromatic N) is 1. The largest absolute Gasteiger partial charge is 0.756 e. The van der Waals surface area contributed by atoms with Crippen LogP contribution in [0.4, 0.5) is 0 Å². The lowest BCUT2D eigenvalue weighted by atomic mass is 10.0. The number of rotatable bonds is 56. The van der Waals surface area contributed by atoms with Crippen LogP contribution in [0.3, 0.4) is 0 Å². The molecule has 0 aliphatic carbocycles. The average molecular weight is 1130 g/mol. The maximum atomic E-state index is 12.8. The van der Waals surface area contributed by atoms with Crippen LogP contribution in [0.2, 0.25) is 0 Å². The Labute approximate surface area is 491 Å². The van der Waals surface area contributed by atoms with Crippen LogP contribution < -0.4 is 4.89 Å². The summed E-state index contributed by atoms with van der Waals surface area (Å²) in [5.41, 5.74) is 0. The summed E-state index contributed by atoms with van der Waals surface area (Å²) in [6.45, 7) is 3.98. The van der Waals surface area contributed by atoms with Gasteiger partial charge < -0.3 is 27.9 Å². The van der Waals surface area contributed by atoms with Crippen LogP contribution in [0.1, 0.15) is 232 Å². The molecule has 0 bridgehead atoms. The number of hydrogen-bond acceptors (Lipinski definition) is 8. The lowest BCUT2D eigenvalue weighted by Crippen LogP contribution is -2.37. The normalized spacial score (nSPS) is 14.2. The molecule has 0 radical (unpaired) electrons. The molecule has 0 rings (SSSR count). The van der Waals surface area contributed by atoms with Crippen molar-refractivity contribution in [3.63, 3.8) is 0 Å². The van der Waals surface area contributed by atoms with Gasteiger partial charge in [-0.15, -0.1) is 0 Å². The smallest absolute Gasteiger partial charge is 0.306 e. The van der Waals surface area contributed by atoms with Crippen molar-refractivity contribution in [2.45, 2.75) is 238 Å². The Morgan fingerprint density at radius 1 is 0.388 bits per heavy atom. The van der Waals surface area contributed by atoms with E-state index in [-0.39, 0.29) is 26.1 Å². The zero-order chi connectivity index (χ0) is 58.4. The molecule has 9 nitrogen and oxygen atoms in total. The number of unbranched alkanes of at least 4 members (excludes halogenated alkanes) is 18. The highest BCUT2D eigenvalue weighted by molar-refractivity contribution is 7.45. The second kappa shape index (κ2) is 59.5. The van der Waals surface area contributed by atoms with E-state index in [1.165, 1.54) is 57.8 Å². The molecule has 0 fully saturated rings. The summed E-state index contributed by atoms with van der Waals surface area (Å²) >= 11 is 0. The van der Waals surface area contributed by atoms with E-state index in [4.69, 9.17) is 18.5 Å². The van der Waals surface area contributed by atoms with Gasteiger partial charge in [-0.05, 0) is 116 Å². The van der Waals surface area contributed by atoms with E-state index in [1.54, 1.807) is 0 Å². The van der Waals surface area contributed by atoms with Crippen LogP contribution >= 0.6 is 7.82 Å². The van der Waals surface area contributed by atoms with Gasteiger partial charge in [0, 0.05) is 12.8 Å². The highest BCUT2D eigenvalue weighted by atomic mass is 31.2. The third-order valence-corrected chi connectivity index (χ3v) is 13.8. The van der Waals surface area contributed by atoms with E-state index in [1.807, 2.05) is 21.1 Å². The maximum absolute atomic E-state index is 12.8. The predicted octanol–water partition coefficient (Wildman–Crippen LogP) is 19.6. The molecule has 0 aromatic heterocycles. The fourth-order valence-corrected chi connectivity index (χ4v) is 8.80. The molecule has 0 amide bonds. The molecule has 0 aliphatic heterocycles. The van der Waals surface area contributed by atoms with Crippen LogP contribution in [-0.2, 0) is 32.7 Å². The first-order chi connectivity index (χ1) is 39.0. The lowest BCUT2D eigenvalue weighted by molar-refractivity contribution is -0.870. The number of carbonyl (C=O) groups excluding carboxylic acids is 2. The minimum Gasteiger partial charge on any atom is -0.756 e. The van der Waals surface area contributed by atoms with E-state index in [9.17, 15) is 19.0 Å². The SMILES string of the molecule is CC/C=C\C/C=C\C/C=C\C/C=C\C/C=C\C/C=C\CCCCCCCCCCCCCCC(=O)OC(COC(=O)CCCCCCCC/C=C\C/C=C\C/C=C\C/C=C\C/C=C\C/C=C\CC)COP(=O)([O-])OCC[N+](C)(C)C. The number of likely N-dealkylation sites (N-methyl/N-ethyl adjacent to an activating group) is 1. The molecule has 454 valence electrons. The first-order valence-corrected chi connectivity index (χ1v) is 33.0. The number of esters is 2. The molecule has 2 atom stereocenters. The molecule has 80 heavy (non-hydrogen) atoms. The van der Waals surface area contributed by atoms with Gasteiger partial charge in [0.15, 0.2) is 6.10 Å². The molecular weight excluding hydrogens is 1010 g/mol. The summed E-state index contributed by atoms with van der Waals surface area (Å²) in [7, 11) is 1.14. The van der Waals surface area contributed by atoms with Crippen LogP contribution in [-0.4, -0.2) is 70.0 Å². The third-order valence-electron chi connectivity index (χ3n) is 12.9. The van der Waals surface area contributed by atoms with Gasteiger partial charge in [0.2, 0.25) is 0 Å². The minimum absolute atomic E-state index is 0.0416. The Balaban J connectivity index is 4.19. The van der Waals surface area contributed by atoms with Gasteiger partial charge in [0.1, 0.15) is 19.8 Å². The molecule has 0 aromatic rings. The van der Waals surface area contributed by atoms with E-state index in [0.717, 1.165) is 135 Å². The highest BCUT2D eigenvalue weighted by Crippen LogP contribution is 2.38. The quantitative estimate of drug-likeness (QED) is 0.0195. The zero-order valence-corrected chi connectivity index (χ0v) is 52.4. The third kappa shape index (κ3) is 63.1. The summed E-state index contributed by atoms with van der Waals surface area (Å²) in [6, 6.07) is 0. The van der Waals surface area contributed by atoms with Crippen LogP contribution in [0.25, 0.3) is 0 Å². The number of quaternary nitrogens is 1. The van der Waals surface area contributed by atoms with Crippen LogP contribution in [0.15, 0.2) is 146 Å². The monoisotopic (exact) mass is 1130 g/mol. The first-order valence-electron chi connectivity index (χ1n) is 31.5. The van der Waals surface area contributed by atoms with E-state index in [2.05, 4.69) is 160 Å². The number of ether oxygens (including phenoxy) is 2. The maximum Gasteiger partial charge on any atom is 0.306 e. The van der Waals surface area contributed by atoms with Gasteiger partial charge in [-0.2, -0.15) is 0 Å². The number of carbonyl (C=O) groups is 2. The second-order valence-corrected chi connectivity index (χ2v) is 23.1. The molecule has 0 saturated heterocycles. The number of phosphoric ester groups is 1. The summed E-state index contributed by atoms with van der Waals surface area (Å²) in [4.78, 5) is 38.0. The summed E-state index contributed by atoms with van der Waals surface area (Å²) < 4.78 is 34.2. The number of phosphoric acid groups is 1. The van der Waals surface area contributed by atoms with Gasteiger partial charge in [0.25, 0.3) is 7.82 Å². The van der Waals surface area contributed by atoms with Gasteiger partial charge in [-0.1, -0.05) is 250 Å². The van der Waals surface area contributed by atoms with Gasteiger partial charge >= 0.3 is 11.9 Å². The molecule has 10 heteroatoms. The summed E-state index contributed by atoms with van der Waals surface area (Å²) in [6.07, 6.45) is 87.5. The molecule has 0 aliphatic rings. The standard InChI is InChI=1S/C70H116NO8P/c1-6-8-10-12-14-16-18-20-22-24-26-28-30-32-33-34-35-36-37-39-41-43-45-47-49-51-53-55-57-59-61-63-70(73)79-68(67-78-80(74,75)77-65-64-71(3,4)5)66-76-69(72)62-60-58-56-54-52-50-48-46-44-42-40-38-31-29-27-25-23-21-19-17-15-13-11-9-7-2/h8-11,14-17,20-23,26-29,32-33,35-36,38,40,44,46,68H,6-7,12-13,18-19,24-25,30-31,34,37,39,41-43,45,47-67H2,1-5H3/b10-8-,11-9-,16-14-,17-15-,22-20-,23-21-,28-26-,29-27-,33-32-,36-35-,40-38-,46-44-. The first kappa shape index (κ1) is 75.9. The van der Waals surface area contributed by atoms with Gasteiger partial charge in [-0.25, -0.2) is 0 Å². The van der Waals surface area contributed by atoms with Crippen molar-refractivity contribution in [2.75, 3.05) is 47.5 Å². The predicted molar refractivity (Wildman–Crippen MR) is 341 cm³/mol. The Bertz CT molecular complexity index is 1860. The number of hydrogen-bond donors (Lipinski definition) is 0. The molecule has 0 heterocycles. The molecule has 0 N–H and O–H groups in total. The Hall–Kier alpha value is -4.11. The topological polar surface area (TPSA) is 111 Å². The minimum atomic E-state index is -4.65. The summed E-state index contributed by atoms with van der Waals surface area (Å²) in [5.74, 6) is -0.861. The zero-order valence-electron chi connectivity index (χ0n) is 51.5. The molecule has 0 aromatic carbocycles. The fraction of sp³-hybridized carbons (Fsp3) is 0.629. The van der Waals surface area contributed by atoms with E-state index >= 15 is 0 Å². The molecule has 0 spiro atoms. The van der Waals surface area contributed by atoms with Crippen LogP contribution in [0.5, 0.6) is 0 Å². The Morgan fingerprint density at radius 2 is 0.675 bits per heavy atom. The summed E-state index contributed by atoms with van der Waals surface area (Å²) in [5, 5.41) is 0. The fourth-order valence-electron chi connectivity index (χ4n) is 8.07. The van der Waals surface area contributed by atoms with E-state index < -0.39 is 32.5 Å². The van der Waals surface area contributed by atoms with Crippen molar-refractivity contribution in [1.29, 1.82) is 0 Å². The Morgan fingerprint density at radius 3 is 1.00 bits per heavy atom. The average Bonchev–Trinajstić information content (AvgIpc) is 3.42. The lowest BCUT2D eigenvalue weighted by Gasteiger charge is -2.28. The van der Waals surface area contributed by atoms with E-state index in [0.29, 0.717) is 23.9 Å². The molecule has 0 saturated carbocycles. The Kier molecular flexibility index (Phi) is 56.5. The van der Waals surface area contributed by atoms with Gasteiger partial charge in [0.05, 0.1) is 27.7 Å². The van der Waals surface area contributed by atoms with Crippen molar-refractivity contribution in [3.05, 3.63) is 146 Å². The highest BCUT2D eigenvalue weighted by Gasteiger charge is 2.22. The van der Waals surface area contributed by atoms with Gasteiger partial charge in [-0.3, -0.25) is 14.2 Å². The molecular formula is C70H116NO8P. The van der Waals surface area contributed by atoms with Crippen LogP contribution in [0, 0.1) is 0 Å². The molecule has 2 unspecified atom stereocenters. The number of allylic oxidation sites excluding steroid dienone is 24. The van der Waals surface area contributed by atoms with Crippen molar-refractivity contribution < 1.29 is 42.1 Å². The van der Waals surface area contributed by atoms with Crippen molar-refractivity contribution >= 4 is 19.8 Å². The van der Waals surface area contributed by atoms with Crippen molar-refractivity contribution in [3.8, 4) is 0 Å². The van der Waals surface area contributed by atoms with Crippen molar-refractivity contribution in [2.24, 2.45) is 0 Å². The second-order valence-electron chi connectivity index (χ2n) is 21.7.